The van der Waals surface area contributed by atoms with Crippen LogP contribution in [0.4, 0.5) is 0 Å². The number of sulfonamides is 1. The molecule has 0 atom stereocenters. The first kappa shape index (κ1) is 16.6. The Hall–Kier alpha value is -1.45. The normalized spacial score (nSPS) is 11.6. The molecule has 0 bridgehead atoms. The van der Waals surface area contributed by atoms with Crippen molar-refractivity contribution < 1.29 is 13.2 Å². The number of nitrogens with two attached hydrogens (primary N) is 1. The summed E-state index contributed by atoms with van der Waals surface area (Å²) in [7, 11) is -3.23. The zero-order valence-electron chi connectivity index (χ0n) is 11.7. The topological polar surface area (TPSA) is 119 Å². The van der Waals surface area contributed by atoms with E-state index in [1.165, 1.54) is 6.20 Å². The highest BCUT2D eigenvalue weighted by Crippen LogP contribution is 2.07. The molecule has 1 aromatic rings. The quantitative estimate of drug-likeness (QED) is 0.522. The Labute approximate surface area is 118 Å². The van der Waals surface area contributed by atoms with E-state index in [1.807, 2.05) is 6.92 Å². The Morgan fingerprint density at radius 2 is 2.15 bits per heavy atom. The van der Waals surface area contributed by atoms with Crippen molar-refractivity contribution in [1.82, 2.24) is 19.8 Å². The average Bonchev–Trinajstić information content (AvgIpc) is 2.72. The molecule has 1 heterocycles. The highest BCUT2D eigenvalue weighted by molar-refractivity contribution is 7.88. The molecule has 0 aliphatic heterocycles. The van der Waals surface area contributed by atoms with Crippen LogP contribution in [0.1, 0.15) is 22.5 Å². The molecule has 0 saturated carbocycles. The second-order valence-corrected chi connectivity index (χ2v) is 6.26. The molecule has 0 saturated heterocycles. The molecule has 0 unspecified atom stereocenters. The lowest BCUT2D eigenvalue weighted by Crippen LogP contribution is -2.34. The maximum absolute atomic E-state index is 11.9. The van der Waals surface area contributed by atoms with Crippen LogP contribution in [0, 0.1) is 6.92 Å². The maximum atomic E-state index is 11.9. The van der Waals surface area contributed by atoms with Gasteiger partial charge in [-0.15, -0.1) is 0 Å². The first-order chi connectivity index (χ1) is 9.35. The lowest BCUT2D eigenvalue weighted by molar-refractivity contribution is 0.0953. The number of carbonyl (C=O) groups is 1. The first-order valence-electron chi connectivity index (χ1n) is 6.30. The van der Waals surface area contributed by atoms with Crippen LogP contribution >= 0.6 is 0 Å². The van der Waals surface area contributed by atoms with Gasteiger partial charge < -0.3 is 11.1 Å². The molecule has 4 N–H and O–H groups in total. The van der Waals surface area contributed by atoms with E-state index >= 15 is 0 Å². The summed E-state index contributed by atoms with van der Waals surface area (Å²) in [6.07, 6.45) is 3.37. The smallest absolute Gasteiger partial charge is 0.254 e. The Morgan fingerprint density at radius 3 is 2.75 bits per heavy atom. The second kappa shape index (κ2) is 7.36. The van der Waals surface area contributed by atoms with Crippen molar-refractivity contribution in [3.05, 3.63) is 17.5 Å². The fourth-order valence-corrected chi connectivity index (χ4v) is 2.12. The number of nitrogens with one attached hydrogen (secondary N) is 2. The minimum atomic E-state index is -3.23. The van der Waals surface area contributed by atoms with Crippen LogP contribution in [0.15, 0.2) is 6.20 Å². The molecule has 0 radical (unpaired) electrons. The molecule has 9 heteroatoms. The van der Waals surface area contributed by atoms with Crippen molar-refractivity contribution in [2.24, 2.45) is 5.73 Å². The monoisotopic (exact) mass is 303 g/mol. The van der Waals surface area contributed by atoms with Gasteiger partial charge in [0.05, 0.1) is 18.0 Å². The van der Waals surface area contributed by atoms with Gasteiger partial charge in [0.15, 0.2) is 0 Å². The van der Waals surface area contributed by atoms with Gasteiger partial charge in [-0.05, 0) is 19.9 Å². The number of hydrogen-bond donors (Lipinski definition) is 3. The summed E-state index contributed by atoms with van der Waals surface area (Å²) in [5, 5.41) is 6.77. The van der Waals surface area contributed by atoms with Gasteiger partial charge in [0.25, 0.3) is 5.91 Å². The van der Waals surface area contributed by atoms with Crippen molar-refractivity contribution in [1.29, 1.82) is 0 Å². The van der Waals surface area contributed by atoms with Crippen molar-refractivity contribution in [3.8, 4) is 0 Å². The van der Waals surface area contributed by atoms with Gasteiger partial charge in [-0.1, -0.05) is 0 Å². The van der Waals surface area contributed by atoms with Gasteiger partial charge in [0.2, 0.25) is 10.0 Å². The van der Waals surface area contributed by atoms with Crippen molar-refractivity contribution >= 4 is 15.9 Å². The zero-order chi connectivity index (χ0) is 15.2. The van der Waals surface area contributed by atoms with E-state index in [2.05, 4.69) is 15.1 Å². The number of nitrogens with zero attached hydrogens (tertiary/aromatic N) is 2. The Morgan fingerprint density at radius 1 is 1.45 bits per heavy atom. The number of hydrogen-bond acceptors (Lipinski definition) is 5. The summed E-state index contributed by atoms with van der Waals surface area (Å²) in [6, 6.07) is 0. The third-order valence-electron chi connectivity index (χ3n) is 2.70. The van der Waals surface area contributed by atoms with Crippen LogP contribution in [0.2, 0.25) is 0 Å². The predicted molar refractivity (Wildman–Crippen MR) is 75.8 cm³/mol. The first-order valence-corrected chi connectivity index (χ1v) is 8.19. The minimum absolute atomic E-state index is 0.158. The minimum Gasteiger partial charge on any atom is -0.351 e. The molecule has 1 amide bonds. The van der Waals surface area contributed by atoms with Gasteiger partial charge in [-0.25, -0.2) is 13.1 Å². The maximum Gasteiger partial charge on any atom is 0.254 e. The Kier molecular flexibility index (Phi) is 6.11. The van der Waals surface area contributed by atoms with E-state index in [0.29, 0.717) is 18.7 Å². The van der Waals surface area contributed by atoms with Crippen molar-refractivity contribution in [2.75, 3.05) is 25.9 Å². The lowest BCUT2D eigenvalue weighted by atomic mass is 10.2. The molecule has 114 valence electrons. The van der Waals surface area contributed by atoms with Crippen molar-refractivity contribution in [3.63, 3.8) is 0 Å². The summed E-state index contributed by atoms with van der Waals surface area (Å²) in [4.78, 5) is 11.9. The Bertz CT molecular complexity index is 552. The van der Waals surface area contributed by atoms with E-state index in [9.17, 15) is 13.2 Å². The highest BCUT2D eigenvalue weighted by Gasteiger charge is 2.13. The third-order valence-corrected chi connectivity index (χ3v) is 3.43. The fraction of sp³-hybridized carbons (Fsp3) is 0.636. The van der Waals surface area contributed by atoms with E-state index in [4.69, 9.17) is 5.73 Å². The summed E-state index contributed by atoms with van der Waals surface area (Å²) < 4.78 is 25.7. The lowest BCUT2D eigenvalue weighted by Gasteiger charge is -2.06. The molecule has 1 aromatic heterocycles. The molecule has 0 fully saturated rings. The van der Waals surface area contributed by atoms with Gasteiger partial charge in [0.1, 0.15) is 0 Å². The van der Waals surface area contributed by atoms with Gasteiger partial charge in [-0.2, -0.15) is 5.10 Å². The van der Waals surface area contributed by atoms with Gasteiger partial charge >= 0.3 is 0 Å². The van der Waals surface area contributed by atoms with E-state index in [1.54, 1.807) is 4.68 Å². The average molecular weight is 303 g/mol. The van der Waals surface area contributed by atoms with Gasteiger partial charge in [0, 0.05) is 25.3 Å². The summed E-state index contributed by atoms with van der Waals surface area (Å²) in [5.41, 5.74) is 6.69. The predicted octanol–water partition coefficient (Wildman–Crippen LogP) is -1.18. The number of aryl methyl sites for hydroxylation is 1. The molecule has 1 rings (SSSR count). The number of amides is 1. The molecule has 20 heavy (non-hydrogen) atoms. The molecule has 0 aliphatic carbocycles. The fourth-order valence-electron chi connectivity index (χ4n) is 1.64. The van der Waals surface area contributed by atoms with Crippen LogP contribution in [-0.2, 0) is 16.6 Å². The molecular formula is C11H21N5O3S. The van der Waals surface area contributed by atoms with E-state index in [0.717, 1.165) is 18.4 Å². The van der Waals surface area contributed by atoms with Gasteiger partial charge in [-0.3, -0.25) is 9.48 Å². The van der Waals surface area contributed by atoms with Crippen LogP contribution in [0.5, 0.6) is 0 Å². The third kappa shape index (κ3) is 5.27. The number of aromatic nitrogens is 2. The standard InChI is InChI=1S/C11H21N5O3S/c1-9-10(8-14-16(9)7-3-4-12)11(17)13-5-6-15-20(2,18)19/h8,15H,3-7,12H2,1-2H3,(H,13,17). The van der Waals surface area contributed by atoms with Crippen LogP contribution < -0.4 is 15.8 Å². The largest absolute Gasteiger partial charge is 0.351 e. The SMILES string of the molecule is Cc1c(C(=O)NCCNS(C)(=O)=O)cnn1CCCN. The molecule has 0 aliphatic rings. The van der Waals surface area contributed by atoms with Crippen LogP contribution in [-0.4, -0.2) is 50.0 Å². The van der Waals surface area contributed by atoms with E-state index in [-0.39, 0.29) is 19.0 Å². The zero-order valence-corrected chi connectivity index (χ0v) is 12.5. The van der Waals surface area contributed by atoms with Crippen LogP contribution in [0.25, 0.3) is 0 Å². The second-order valence-electron chi connectivity index (χ2n) is 4.43. The molecule has 0 spiro atoms. The summed E-state index contributed by atoms with van der Waals surface area (Å²) >= 11 is 0. The van der Waals surface area contributed by atoms with Crippen LogP contribution in [0.3, 0.4) is 0 Å². The number of rotatable bonds is 8. The summed E-state index contributed by atoms with van der Waals surface area (Å²) in [6.45, 7) is 3.43. The highest BCUT2D eigenvalue weighted by atomic mass is 32.2. The molecular weight excluding hydrogens is 282 g/mol. The summed E-state index contributed by atoms with van der Waals surface area (Å²) in [5.74, 6) is -0.267. The molecule has 8 nitrogen and oxygen atoms in total. The van der Waals surface area contributed by atoms with E-state index < -0.39 is 10.0 Å². The van der Waals surface area contributed by atoms with Crippen molar-refractivity contribution in [2.45, 2.75) is 19.9 Å². The molecule has 0 aromatic carbocycles. The number of carbonyl (C=O) groups excluding carboxylic acids is 1. The Balaban J connectivity index is 2.49.